The third-order valence-electron chi connectivity index (χ3n) is 17.2. The fraction of sp³-hybridized carbons (Fsp3) is 0.0286. The van der Waals surface area contributed by atoms with Crippen LogP contribution in [0, 0.1) is 11.6 Å². The van der Waals surface area contributed by atoms with Crippen molar-refractivity contribution in [2.45, 2.75) is 12.4 Å². The number of benzene rings is 14. The summed E-state index contributed by atoms with van der Waals surface area (Å²) in [6, 6.07) is 58.2. The van der Waals surface area contributed by atoms with Crippen LogP contribution < -0.4 is 0 Å². The number of hydrogen-bond donors (Lipinski definition) is 0. The molecule has 1 aliphatic carbocycles. The van der Waals surface area contributed by atoms with E-state index in [2.05, 4.69) is 103 Å². The summed E-state index contributed by atoms with van der Waals surface area (Å²) in [4.78, 5) is 0. The average molecular weight is 1030 g/mol. The van der Waals surface area contributed by atoms with E-state index < -0.39 is 35.1 Å². The Morgan fingerprint density at radius 3 is 1.15 bits per heavy atom. The van der Waals surface area contributed by atoms with Crippen molar-refractivity contribution >= 4 is 118 Å². The highest BCUT2D eigenvalue weighted by molar-refractivity contribution is 6.52. The fourth-order valence-electron chi connectivity index (χ4n) is 14.4. The lowest BCUT2D eigenvalue weighted by Gasteiger charge is -2.24. The van der Waals surface area contributed by atoms with E-state index in [-0.39, 0.29) is 44.2 Å². The third-order valence-corrected chi connectivity index (χ3v) is 17.2. The molecule has 0 amide bonds. The fourth-order valence-corrected chi connectivity index (χ4v) is 14.4. The second-order valence-corrected chi connectivity index (χ2v) is 20.9. The van der Waals surface area contributed by atoms with E-state index >= 15 is 35.1 Å². The number of fused-ring (bicyclic) bond motifs is 15. The van der Waals surface area contributed by atoms with Crippen LogP contribution in [0.3, 0.4) is 0 Å². The number of hydrogen-bond acceptors (Lipinski definition) is 0. The highest BCUT2D eigenvalue weighted by Crippen LogP contribution is 2.63. The Morgan fingerprint density at radius 2 is 0.603 bits per heavy atom. The monoisotopic (exact) mass is 1020 g/mol. The van der Waals surface area contributed by atoms with Gasteiger partial charge in [0.05, 0.1) is 11.1 Å². The molecule has 0 atom stereocenters. The van der Waals surface area contributed by atoms with E-state index in [4.69, 9.17) is 0 Å². The largest absolute Gasteiger partial charge is 0.417 e. The van der Waals surface area contributed by atoms with Crippen molar-refractivity contribution < 1.29 is 35.1 Å². The molecule has 0 nitrogen and oxygen atoms in total. The lowest BCUT2D eigenvalue weighted by atomic mass is 9.80. The molecule has 368 valence electrons. The molecule has 16 aromatic carbocycles. The van der Waals surface area contributed by atoms with Gasteiger partial charge in [-0.15, -0.1) is 0 Å². The maximum atomic E-state index is 15.3. The average Bonchev–Trinajstić information content (AvgIpc) is 2.46. The molecule has 0 saturated carbocycles. The molecule has 1 aliphatic rings. The Kier molecular flexibility index (Phi) is 8.28. The highest BCUT2D eigenvalue weighted by Gasteiger charge is 2.41. The predicted molar refractivity (Wildman–Crippen MR) is 303 cm³/mol. The highest BCUT2D eigenvalue weighted by atomic mass is 19.4. The smallest absolute Gasteiger partial charge is 0.207 e. The first-order chi connectivity index (χ1) is 37.8. The minimum absolute atomic E-state index is 0.101. The van der Waals surface area contributed by atoms with Crippen LogP contribution in [0.5, 0.6) is 0 Å². The van der Waals surface area contributed by atoms with Gasteiger partial charge in [-0.2, -0.15) is 26.3 Å². The molecule has 0 fully saturated rings. The van der Waals surface area contributed by atoms with Gasteiger partial charge in [0.1, 0.15) is 11.6 Å². The van der Waals surface area contributed by atoms with Crippen molar-refractivity contribution in [2.24, 2.45) is 0 Å². The van der Waals surface area contributed by atoms with Crippen LogP contribution in [-0.2, 0) is 12.4 Å². The number of alkyl halides is 6. The molecule has 0 aromatic heterocycles. The summed E-state index contributed by atoms with van der Waals surface area (Å²) in [7, 11) is 0. The van der Waals surface area contributed by atoms with Gasteiger partial charge < -0.3 is 0 Å². The summed E-state index contributed by atoms with van der Waals surface area (Å²) in [6.45, 7) is 0. The molecule has 0 N–H and O–H groups in total. The van der Waals surface area contributed by atoms with Crippen molar-refractivity contribution in [3.63, 3.8) is 0 Å². The molecular formula is C70H32F8. The van der Waals surface area contributed by atoms with Crippen molar-refractivity contribution in [2.75, 3.05) is 0 Å². The van der Waals surface area contributed by atoms with Gasteiger partial charge in [0.15, 0.2) is 0 Å². The van der Waals surface area contributed by atoms with Crippen molar-refractivity contribution in [1.82, 2.24) is 0 Å². The van der Waals surface area contributed by atoms with Gasteiger partial charge in [0.2, 0.25) is 0 Å². The Labute approximate surface area is 436 Å². The number of rotatable bonds is 3. The van der Waals surface area contributed by atoms with Gasteiger partial charge in [-0.05, 0) is 204 Å². The van der Waals surface area contributed by atoms with Crippen molar-refractivity contribution in [1.29, 1.82) is 0 Å². The lowest BCUT2D eigenvalue weighted by molar-refractivity contribution is -0.138. The zero-order valence-corrected chi connectivity index (χ0v) is 40.5. The first kappa shape index (κ1) is 43.8. The minimum atomic E-state index is -5.01. The molecule has 0 aliphatic heterocycles. The second kappa shape index (κ2) is 14.7. The van der Waals surface area contributed by atoms with Crippen LogP contribution in [0.15, 0.2) is 194 Å². The van der Waals surface area contributed by atoms with E-state index in [0.717, 1.165) is 94.6 Å². The van der Waals surface area contributed by atoms with Crippen LogP contribution in [0.4, 0.5) is 35.1 Å². The van der Waals surface area contributed by atoms with Gasteiger partial charge in [-0.1, -0.05) is 164 Å². The van der Waals surface area contributed by atoms with E-state index in [9.17, 15) is 0 Å². The molecule has 0 radical (unpaired) electrons. The zero-order chi connectivity index (χ0) is 52.4. The number of halogens is 8. The molecule has 0 unspecified atom stereocenters. The quantitative estimate of drug-likeness (QED) is 0.0940. The molecule has 0 saturated heterocycles. The van der Waals surface area contributed by atoms with Crippen molar-refractivity contribution in [3.8, 4) is 55.6 Å². The zero-order valence-electron chi connectivity index (χ0n) is 40.5. The molecule has 17 rings (SSSR count). The van der Waals surface area contributed by atoms with E-state index in [1.54, 1.807) is 24.3 Å². The molecule has 16 aromatic rings. The first-order valence-electron chi connectivity index (χ1n) is 25.6. The second-order valence-electron chi connectivity index (χ2n) is 20.9. The van der Waals surface area contributed by atoms with Crippen LogP contribution in [0.2, 0.25) is 0 Å². The summed E-state index contributed by atoms with van der Waals surface area (Å²) in [6.07, 6.45) is -10.0. The SMILES string of the molecule is Fc1ccc(-c2c3c(c(-c4ccc(F)cc4C(F)(F)F)c4ccccc24)-c2ccc4c5ccc6c7c(ccc(c8ccc-3c2c84)c57)c2c(-c3ccccc3)c3cc4ccccc4c4c5ccccc5c(c62)c34)c(C(F)(F)F)c1. The Morgan fingerprint density at radius 1 is 0.231 bits per heavy atom. The van der Waals surface area contributed by atoms with Crippen LogP contribution in [0.1, 0.15) is 11.1 Å². The molecular weight excluding hydrogens is 993 g/mol. The Balaban J connectivity index is 1.04. The standard InChI is InChI=1S/C70H32F8/c71-35-18-20-46(53(31-35)69(73,74)75)59-38-14-6-7-15-39(38)60(47-21-19-36(72)32-54(47)70(76,77)78)66-50-28-24-44-45-25-29-51-61-48(26-22-42(57(45)61)43-23-27-49(65(59)66)62(50)58(43)44)64-55(33-10-2-1-3-11-33)52-30-34-12-4-5-13-37(34)56-40-16-8-9-17-41(40)63(67(51)64)68(52)56/h1-32H. The third kappa shape index (κ3) is 5.44. The minimum Gasteiger partial charge on any atom is -0.207 e. The molecule has 8 heteroatoms. The van der Waals surface area contributed by atoms with E-state index in [0.29, 0.717) is 28.6 Å². The van der Waals surface area contributed by atoms with E-state index in [1.165, 1.54) is 43.1 Å². The molecule has 0 bridgehead atoms. The van der Waals surface area contributed by atoms with Crippen LogP contribution >= 0.6 is 0 Å². The maximum Gasteiger partial charge on any atom is 0.417 e. The van der Waals surface area contributed by atoms with Gasteiger partial charge >= 0.3 is 12.4 Å². The summed E-state index contributed by atoms with van der Waals surface area (Å²) in [5, 5.41) is 21.7. The topological polar surface area (TPSA) is 0 Å². The van der Waals surface area contributed by atoms with Gasteiger partial charge in [0.25, 0.3) is 0 Å². The summed E-state index contributed by atoms with van der Waals surface area (Å²) < 4.78 is 122. The summed E-state index contributed by atoms with van der Waals surface area (Å²) >= 11 is 0. The lowest BCUT2D eigenvalue weighted by Crippen LogP contribution is -2.10. The molecule has 0 heterocycles. The normalized spacial score (nSPS) is 13.1. The predicted octanol–water partition coefficient (Wildman–Crippen LogP) is 21.6. The molecule has 78 heavy (non-hydrogen) atoms. The maximum absolute atomic E-state index is 15.3. The van der Waals surface area contributed by atoms with Gasteiger partial charge in [0, 0.05) is 0 Å². The van der Waals surface area contributed by atoms with Gasteiger partial charge in [-0.25, -0.2) is 8.78 Å². The first-order valence-corrected chi connectivity index (χ1v) is 25.6. The summed E-state index contributed by atoms with van der Waals surface area (Å²) in [5.41, 5.74) is 0.948. The van der Waals surface area contributed by atoms with E-state index in [1.807, 2.05) is 30.3 Å². The van der Waals surface area contributed by atoms with Crippen LogP contribution in [0.25, 0.3) is 174 Å². The van der Waals surface area contributed by atoms with Crippen LogP contribution in [-0.4, -0.2) is 0 Å². The Bertz CT molecular complexity index is 5190. The Hall–Kier alpha value is -9.40. The van der Waals surface area contributed by atoms with Crippen molar-refractivity contribution in [3.05, 3.63) is 217 Å². The molecule has 0 spiro atoms. The summed E-state index contributed by atoms with van der Waals surface area (Å²) in [5.74, 6) is -2.18. The van der Waals surface area contributed by atoms with Gasteiger partial charge in [-0.3, -0.25) is 0 Å².